The Hall–Kier alpha value is -4.30. The van der Waals surface area contributed by atoms with Crippen molar-refractivity contribution in [2.45, 2.75) is 12.6 Å². The second-order valence-corrected chi connectivity index (χ2v) is 8.42. The summed E-state index contributed by atoms with van der Waals surface area (Å²) in [7, 11) is 1.82. The molecule has 2 aromatic carbocycles. The zero-order valence-electron chi connectivity index (χ0n) is 19.5. The SMILES string of the molecule is CN/C=C(\C(=N)c1ccc(OCc2nc(N3CC(N)C3)c3ccccc3n2)cc1)c1ccncc1. The van der Waals surface area contributed by atoms with Crippen LogP contribution < -0.4 is 20.7 Å². The van der Waals surface area contributed by atoms with E-state index in [1.807, 2.05) is 73.9 Å². The third kappa shape index (κ3) is 4.83. The summed E-state index contributed by atoms with van der Waals surface area (Å²) in [4.78, 5) is 15.7. The summed E-state index contributed by atoms with van der Waals surface area (Å²) in [6, 6.07) is 19.5. The lowest BCUT2D eigenvalue weighted by molar-refractivity contribution is 0.296. The van der Waals surface area contributed by atoms with Crippen molar-refractivity contribution >= 4 is 28.0 Å². The highest BCUT2D eigenvalue weighted by atomic mass is 16.5. The first-order chi connectivity index (χ1) is 17.1. The van der Waals surface area contributed by atoms with Crippen LogP contribution in [0.5, 0.6) is 5.75 Å². The number of hydrogen-bond acceptors (Lipinski definition) is 8. The molecule has 4 N–H and O–H groups in total. The Balaban J connectivity index is 1.31. The predicted octanol–water partition coefficient (Wildman–Crippen LogP) is 3.38. The number of anilines is 1. The number of para-hydroxylation sites is 1. The molecule has 176 valence electrons. The summed E-state index contributed by atoms with van der Waals surface area (Å²) in [5.74, 6) is 2.21. The number of nitrogens with two attached hydrogens (primary N) is 1. The minimum absolute atomic E-state index is 0.183. The fraction of sp³-hybridized carbons (Fsp3) is 0.185. The van der Waals surface area contributed by atoms with Gasteiger partial charge in [-0.25, -0.2) is 9.97 Å². The van der Waals surface area contributed by atoms with E-state index in [1.165, 1.54) is 0 Å². The maximum Gasteiger partial charge on any atom is 0.168 e. The molecule has 1 aliphatic rings. The molecule has 0 radical (unpaired) electrons. The highest BCUT2D eigenvalue weighted by Crippen LogP contribution is 2.27. The maximum atomic E-state index is 8.71. The van der Waals surface area contributed by atoms with E-state index in [-0.39, 0.29) is 12.6 Å². The van der Waals surface area contributed by atoms with E-state index in [2.05, 4.69) is 20.2 Å². The number of aromatic nitrogens is 3. The second kappa shape index (κ2) is 9.90. The Morgan fingerprint density at radius 1 is 1.06 bits per heavy atom. The van der Waals surface area contributed by atoms with Crippen molar-refractivity contribution in [3.05, 3.63) is 96.2 Å². The highest BCUT2D eigenvalue weighted by Gasteiger charge is 2.26. The lowest BCUT2D eigenvalue weighted by atomic mass is 9.97. The largest absolute Gasteiger partial charge is 0.486 e. The molecule has 0 unspecified atom stereocenters. The van der Waals surface area contributed by atoms with Crippen LogP contribution >= 0.6 is 0 Å². The van der Waals surface area contributed by atoms with Crippen molar-refractivity contribution in [1.82, 2.24) is 20.3 Å². The van der Waals surface area contributed by atoms with Crippen molar-refractivity contribution in [3.8, 4) is 5.75 Å². The third-order valence-corrected chi connectivity index (χ3v) is 5.90. The molecular weight excluding hydrogens is 438 g/mol. The standard InChI is InChI=1S/C27H27N7O/c1-30-14-23(18-10-12-31-13-11-18)26(29)19-6-8-21(9-7-19)35-17-25-32-24-5-3-2-4-22(24)27(33-25)34-15-20(28)16-34/h2-14,20,29-30H,15-17,28H2,1H3/b23-14-,29-26?. The van der Waals surface area contributed by atoms with Gasteiger partial charge in [-0.1, -0.05) is 12.1 Å². The Kier molecular flexibility index (Phi) is 6.36. The van der Waals surface area contributed by atoms with Gasteiger partial charge in [-0.05, 0) is 54.1 Å². The first kappa shape index (κ1) is 22.5. The molecule has 1 saturated heterocycles. The van der Waals surface area contributed by atoms with Gasteiger partial charge in [0, 0.05) is 61.3 Å². The number of nitrogens with zero attached hydrogens (tertiary/aromatic N) is 4. The van der Waals surface area contributed by atoms with E-state index in [0.717, 1.165) is 46.5 Å². The maximum absolute atomic E-state index is 8.71. The van der Waals surface area contributed by atoms with Gasteiger partial charge in [0.05, 0.1) is 11.2 Å². The Labute approximate surface area is 204 Å². The molecule has 5 rings (SSSR count). The normalized spacial score (nSPS) is 14.0. The number of rotatable bonds is 8. The Bertz CT molecular complexity index is 1360. The van der Waals surface area contributed by atoms with Crippen LogP contribution in [-0.4, -0.2) is 46.8 Å². The van der Waals surface area contributed by atoms with Gasteiger partial charge in [-0.15, -0.1) is 0 Å². The van der Waals surface area contributed by atoms with Crippen LogP contribution in [0.15, 0.2) is 79.3 Å². The molecule has 0 amide bonds. The molecule has 35 heavy (non-hydrogen) atoms. The van der Waals surface area contributed by atoms with E-state index in [9.17, 15) is 0 Å². The van der Waals surface area contributed by atoms with Crippen LogP contribution in [-0.2, 0) is 6.61 Å². The summed E-state index contributed by atoms with van der Waals surface area (Å²) < 4.78 is 6.00. The Morgan fingerprint density at radius 2 is 1.80 bits per heavy atom. The second-order valence-electron chi connectivity index (χ2n) is 8.42. The van der Waals surface area contributed by atoms with Crippen LogP contribution in [0.25, 0.3) is 16.5 Å². The first-order valence-corrected chi connectivity index (χ1v) is 11.5. The molecule has 0 aliphatic carbocycles. The fourth-order valence-corrected chi connectivity index (χ4v) is 4.09. The molecule has 0 spiro atoms. The van der Waals surface area contributed by atoms with Crippen LogP contribution in [0, 0.1) is 5.41 Å². The minimum Gasteiger partial charge on any atom is -0.486 e. The molecule has 0 saturated carbocycles. The van der Waals surface area contributed by atoms with Crippen LogP contribution in [0.3, 0.4) is 0 Å². The van der Waals surface area contributed by atoms with Gasteiger partial charge in [-0.2, -0.15) is 0 Å². The van der Waals surface area contributed by atoms with Gasteiger partial charge in [0.25, 0.3) is 0 Å². The summed E-state index contributed by atoms with van der Waals surface area (Å²) in [6.45, 7) is 1.83. The molecule has 8 heteroatoms. The quantitative estimate of drug-likeness (QED) is 0.342. The van der Waals surface area contributed by atoms with E-state index in [1.54, 1.807) is 12.4 Å². The van der Waals surface area contributed by atoms with E-state index in [4.69, 9.17) is 20.9 Å². The number of hydrogen-bond donors (Lipinski definition) is 3. The van der Waals surface area contributed by atoms with Crippen molar-refractivity contribution in [3.63, 3.8) is 0 Å². The highest BCUT2D eigenvalue weighted by molar-refractivity contribution is 6.30. The molecule has 1 aliphatic heterocycles. The van der Waals surface area contributed by atoms with Gasteiger partial charge in [-0.3, -0.25) is 10.4 Å². The third-order valence-electron chi connectivity index (χ3n) is 5.90. The van der Waals surface area contributed by atoms with Gasteiger partial charge in [0.15, 0.2) is 5.82 Å². The smallest absolute Gasteiger partial charge is 0.168 e. The zero-order valence-corrected chi connectivity index (χ0v) is 19.5. The van der Waals surface area contributed by atoms with Gasteiger partial charge in [0.1, 0.15) is 18.2 Å². The average Bonchev–Trinajstić information content (AvgIpc) is 2.89. The number of fused-ring (bicyclic) bond motifs is 1. The van der Waals surface area contributed by atoms with E-state index in [0.29, 0.717) is 17.3 Å². The van der Waals surface area contributed by atoms with Crippen LogP contribution in [0.1, 0.15) is 17.0 Å². The average molecular weight is 466 g/mol. The molecule has 0 bridgehead atoms. The van der Waals surface area contributed by atoms with Crippen molar-refractivity contribution < 1.29 is 4.74 Å². The molecule has 0 atom stereocenters. The van der Waals surface area contributed by atoms with E-state index >= 15 is 0 Å². The number of allylic oxidation sites excluding steroid dienone is 1. The molecule has 8 nitrogen and oxygen atoms in total. The van der Waals surface area contributed by atoms with Gasteiger partial charge in [0.2, 0.25) is 0 Å². The summed E-state index contributed by atoms with van der Waals surface area (Å²) in [5, 5.41) is 12.8. The predicted molar refractivity (Wildman–Crippen MR) is 139 cm³/mol. The fourth-order valence-electron chi connectivity index (χ4n) is 4.09. The minimum atomic E-state index is 0.183. The summed E-state index contributed by atoms with van der Waals surface area (Å²) in [5.41, 5.74) is 9.78. The molecular formula is C27H27N7O. The number of pyridine rings is 1. The first-order valence-electron chi connectivity index (χ1n) is 11.5. The topological polar surface area (TPSA) is 113 Å². The van der Waals surface area contributed by atoms with Crippen LogP contribution in [0.2, 0.25) is 0 Å². The summed E-state index contributed by atoms with van der Waals surface area (Å²) in [6.07, 6.45) is 5.26. The van der Waals surface area contributed by atoms with E-state index < -0.39 is 0 Å². The van der Waals surface area contributed by atoms with Crippen molar-refractivity contribution in [2.24, 2.45) is 5.73 Å². The van der Waals surface area contributed by atoms with Crippen molar-refractivity contribution in [2.75, 3.05) is 25.0 Å². The number of nitrogens with one attached hydrogen (secondary N) is 2. The van der Waals surface area contributed by atoms with Gasteiger partial charge >= 0.3 is 0 Å². The number of benzene rings is 2. The molecule has 2 aromatic heterocycles. The monoisotopic (exact) mass is 465 g/mol. The zero-order chi connectivity index (χ0) is 24.2. The lowest BCUT2D eigenvalue weighted by Gasteiger charge is -2.38. The Morgan fingerprint density at radius 3 is 2.51 bits per heavy atom. The summed E-state index contributed by atoms with van der Waals surface area (Å²) >= 11 is 0. The van der Waals surface area contributed by atoms with Crippen molar-refractivity contribution in [1.29, 1.82) is 5.41 Å². The van der Waals surface area contributed by atoms with Gasteiger partial charge < -0.3 is 20.7 Å². The molecule has 4 aromatic rings. The lowest BCUT2D eigenvalue weighted by Crippen LogP contribution is -2.56. The molecule has 3 heterocycles. The number of ether oxygens (including phenoxy) is 1. The van der Waals surface area contributed by atoms with Crippen LogP contribution in [0.4, 0.5) is 5.82 Å². The molecule has 1 fully saturated rings.